The minimum Gasteiger partial charge on any atom is -0.343 e. The van der Waals surface area contributed by atoms with Crippen molar-refractivity contribution < 1.29 is 4.79 Å². The average Bonchev–Trinajstić information content (AvgIpc) is 2.83. The minimum atomic E-state index is -0.351. The molecule has 94 valence electrons. The Morgan fingerprint density at radius 3 is 3.06 bits per heavy atom. The number of hydrogen-bond donors (Lipinski definition) is 1. The highest BCUT2D eigenvalue weighted by Crippen LogP contribution is 2.02. The van der Waals surface area contributed by atoms with Gasteiger partial charge in [-0.2, -0.15) is 0 Å². The standard InChI is InChI=1S/C10H11ClN6O/c1-2-17-6-14-16-9(17)5-13-10(18)7-3-12-4-8(11)15-7/h3-4,6H,2,5H2,1H3,(H,13,18). The van der Waals surface area contributed by atoms with Crippen molar-refractivity contribution in [2.75, 3.05) is 0 Å². The Morgan fingerprint density at radius 1 is 1.50 bits per heavy atom. The third-order valence-electron chi connectivity index (χ3n) is 2.28. The Labute approximate surface area is 108 Å². The zero-order valence-corrected chi connectivity index (χ0v) is 10.4. The number of halogens is 1. The molecule has 0 aliphatic heterocycles. The summed E-state index contributed by atoms with van der Waals surface area (Å²) in [5.41, 5.74) is 0.171. The molecule has 0 bridgehead atoms. The normalized spacial score (nSPS) is 10.3. The summed E-state index contributed by atoms with van der Waals surface area (Å²) in [6.45, 7) is 2.99. The first-order chi connectivity index (χ1) is 8.70. The van der Waals surface area contributed by atoms with Crippen molar-refractivity contribution >= 4 is 17.5 Å². The molecule has 2 aromatic rings. The molecule has 0 aromatic carbocycles. The molecule has 0 unspecified atom stereocenters. The maximum Gasteiger partial charge on any atom is 0.271 e. The Bertz CT molecular complexity index is 555. The van der Waals surface area contributed by atoms with E-state index >= 15 is 0 Å². The number of aromatic nitrogens is 5. The van der Waals surface area contributed by atoms with Gasteiger partial charge in [0.15, 0.2) is 5.82 Å². The first kappa shape index (κ1) is 12.4. The third-order valence-corrected chi connectivity index (χ3v) is 2.46. The number of nitrogens with zero attached hydrogens (tertiary/aromatic N) is 5. The molecule has 0 saturated carbocycles. The van der Waals surface area contributed by atoms with E-state index in [4.69, 9.17) is 11.6 Å². The number of nitrogens with one attached hydrogen (secondary N) is 1. The van der Waals surface area contributed by atoms with Crippen LogP contribution in [-0.4, -0.2) is 30.6 Å². The van der Waals surface area contributed by atoms with Gasteiger partial charge in [-0.1, -0.05) is 11.6 Å². The summed E-state index contributed by atoms with van der Waals surface area (Å²) in [5, 5.41) is 10.5. The number of carbonyl (C=O) groups excluding carboxylic acids is 1. The van der Waals surface area contributed by atoms with Crippen LogP contribution in [0.15, 0.2) is 18.7 Å². The molecule has 1 N–H and O–H groups in total. The van der Waals surface area contributed by atoms with Gasteiger partial charge in [0.25, 0.3) is 5.91 Å². The molecular weight excluding hydrogens is 256 g/mol. The molecule has 2 heterocycles. The average molecular weight is 267 g/mol. The Kier molecular flexibility index (Phi) is 3.83. The predicted octanol–water partition coefficient (Wildman–Crippen LogP) is 0.671. The van der Waals surface area contributed by atoms with Crippen LogP contribution in [0.2, 0.25) is 5.15 Å². The molecule has 0 aliphatic carbocycles. The lowest BCUT2D eigenvalue weighted by molar-refractivity contribution is 0.0944. The smallest absolute Gasteiger partial charge is 0.271 e. The predicted molar refractivity (Wildman–Crippen MR) is 63.9 cm³/mol. The Hall–Kier alpha value is -2.02. The fraction of sp³-hybridized carbons (Fsp3) is 0.300. The van der Waals surface area contributed by atoms with E-state index in [9.17, 15) is 4.79 Å². The molecule has 8 heteroatoms. The molecular formula is C10H11ClN6O. The maximum absolute atomic E-state index is 11.8. The van der Waals surface area contributed by atoms with E-state index in [1.54, 1.807) is 6.33 Å². The highest BCUT2D eigenvalue weighted by Gasteiger charge is 2.10. The van der Waals surface area contributed by atoms with Gasteiger partial charge in [-0.05, 0) is 6.92 Å². The van der Waals surface area contributed by atoms with Gasteiger partial charge in [0.2, 0.25) is 0 Å². The van der Waals surface area contributed by atoms with Crippen LogP contribution in [0.25, 0.3) is 0 Å². The molecule has 0 saturated heterocycles. The van der Waals surface area contributed by atoms with Crippen LogP contribution < -0.4 is 5.32 Å². The van der Waals surface area contributed by atoms with Gasteiger partial charge in [0, 0.05) is 6.54 Å². The number of hydrogen-bond acceptors (Lipinski definition) is 5. The second kappa shape index (κ2) is 5.54. The van der Waals surface area contributed by atoms with Crippen molar-refractivity contribution in [3.63, 3.8) is 0 Å². The van der Waals surface area contributed by atoms with Crippen LogP contribution >= 0.6 is 11.6 Å². The van der Waals surface area contributed by atoms with Crippen molar-refractivity contribution in [3.05, 3.63) is 35.4 Å². The first-order valence-electron chi connectivity index (χ1n) is 5.33. The monoisotopic (exact) mass is 266 g/mol. The molecule has 2 rings (SSSR count). The molecule has 0 spiro atoms. The number of aryl methyl sites for hydroxylation is 1. The number of amides is 1. The molecule has 7 nitrogen and oxygen atoms in total. The summed E-state index contributed by atoms with van der Waals surface area (Å²) in [6.07, 6.45) is 4.33. The lowest BCUT2D eigenvalue weighted by Crippen LogP contribution is -2.25. The summed E-state index contributed by atoms with van der Waals surface area (Å²) >= 11 is 5.66. The fourth-order valence-corrected chi connectivity index (χ4v) is 1.53. The summed E-state index contributed by atoms with van der Waals surface area (Å²) in [4.78, 5) is 19.4. The van der Waals surface area contributed by atoms with Gasteiger partial charge >= 0.3 is 0 Å². The van der Waals surface area contributed by atoms with E-state index in [-0.39, 0.29) is 23.3 Å². The van der Waals surface area contributed by atoms with Gasteiger partial charge in [-0.3, -0.25) is 9.78 Å². The van der Waals surface area contributed by atoms with E-state index < -0.39 is 0 Å². The van der Waals surface area contributed by atoms with Crippen LogP contribution in [0.5, 0.6) is 0 Å². The highest BCUT2D eigenvalue weighted by molar-refractivity contribution is 6.29. The van der Waals surface area contributed by atoms with Crippen LogP contribution in [0, 0.1) is 0 Å². The number of rotatable bonds is 4. The van der Waals surface area contributed by atoms with E-state index in [0.717, 1.165) is 6.54 Å². The summed E-state index contributed by atoms with van der Waals surface area (Å²) in [5.74, 6) is 0.330. The van der Waals surface area contributed by atoms with Crippen LogP contribution in [0.1, 0.15) is 23.2 Å². The van der Waals surface area contributed by atoms with E-state index in [1.807, 2.05) is 11.5 Å². The topological polar surface area (TPSA) is 85.6 Å². The first-order valence-corrected chi connectivity index (χ1v) is 5.71. The van der Waals surface area contributed by atoms with Crippen molar-refractivity contribution in [3.8, 4) is 0 Å². The Morgan fingerprint density at radius 2 is 2.33 bits per heavy atom. The fourth-order valence-electron chi connectivity index (χ4n) is 1.38. The van der Waals surface area contributed by atoms with Crippen molar-refractivity contribution in [1.29, 1.82) is 0 Å². The molecule has 1 amide bonds. The van der Waals surface area contributed by atoms with Gasteiger partial charge in [-0.25, -0.2) is 4.98 Å². The second-order valence-corrected chi connectivity index (χ2v) is 3.83. The highest BCUT2D eigenvalue weighted by atomic mass is 35.5. The zero-order valence-electron chi connectivity index (χ0n) is 9.67. The summed E-state index contributed by atoms with van der Waals surface area (Å²) in [6, 6.07) is 0. The largest absolute Gasteiger partial charge is 0.343 e. The van der Waals surface area contributed by atoms with Crippen molar-refractivity contribution in [2.24, 2.45) is 0 Å². The summed E-state index contributed by atoms with van der Waals surface area (Å²) in [7, 11) is 0. The van der Waals surface area contributed by atoms with Gasteiger partial charge in [0.05, 0.1) is 18.9 Å². The molecule has 0 fully saturated rings. The maximum atomic E-state index is 11.8. The van der Waals surface area contributed by atoms with E-state index in [0.29, 0.717) is 5.82 Å². The van der Waals surface area contributed by atoms with Gasteiger partial charge in [-0.15, -0.1) is 10.2 Å². The third kappa shape index (κ3) is 2.80. The van der Waals surface area contributed by atoms with Crippen molar-refractivity contribution in [1.82, 2.24) is 30.0 Å². The second-order valence-electron chi connectivity index (χ2n) is 3.44. The van der Waals surface area contributed by atoms with Crippen LogP contribution in [0.3, 0.4) is 0 Å². The molecule has 0 atom stereocenters. The zero-order chi connectivity index (χ0) is 13.0. The minimum absolute atomic E-state index is 0.171. The molecule has 0 aliphatic rings. The van der Waals surface area contributed by atoms with E-state index in [2.05, 4.69) is 25.5 Å². The number of carbonyl (C=O) groups is 1. The van der Waals surface area contributed by atoms with Crippen LogP contribution in [0.4, 0.5) is 0 Å². The van der Waals surface area contributed by atoms with Crippen molar-refractivity contribution in [2.45, 2.75) is 20.0 Å². The molecule has 18 heavy (non-hydrogen) atoms. The van der Waals surface area contributed by atoms with Crippen LogP contribution in [-0.2, 0) is 13.1 Å². The van der Waals surface area contributed by atoms with E-state index in [1.165, 1.54) is 12.4 Å². The lowest BCUT2D eigenvalue weighted by Gasteiger charge is -2.05. The van der Waals surface area contributed by atoms with Gasteiger partial charge in [0.1, 0.15) is 17.2 Å². The SMILES string of the molecule is CCn1cnnc1CNC(=O)c1cncc(Cl)n1. The molecule has 2 aromatic heterocycles. The summed E-state index contributed by atoms with van der Waals surface area (Å²) < 4.78 is 1.84. The Balaban J connectivity index is 2.00. The lowest BCUT2D eigenvalue weighted by atomic mass is 10.4. The van der Waals surface area contributed by atoms with Gasteiger partial charge < -0.3 is 9.88 Å². The molecule has 0 radical (unpaired) electrons. The quantitative estimate of drug-likeness (QED) is 0.879.